The Morgan fingerprint density at radius 3 is 2.61 bits per heavy atom. The van der Waals surface area contributed by atoms with Gasteiger partial charge < -0.3 is 19.9 Å². The molecule has 5 rings (SSSR count). The summed E-state index contributed by atoms with van der Waals surface area (Å²) in [6.45, 7) is 4.38. The van der Waals surface area contributed by atoms with Crippen LogP contribution < -0.4 is 15.1 Å². The highest BCUT2D eigenvalue weighted by atomic mass is 35.5. The first-order valence-corrected chi connectivity index (χ1v) is 12.4. The van der Waals surface area contributed by atoms with Crippen LogP contribution in [0.1, 0.15) is 18.5 Å². The lowest BCUT2D eigenvalue weighted by Crippen LogP contribution is -2.47. The van der Waals surface area contributed by atoms with E-state index in [9.17, 15) is 8.60 Å². The summed E-state index contributed by atoms with van der Waals surface area (Å²) < 4.78 is 31.9. The number of nitrogens with zero attached hydrogens (tertiary/aromatic N) is 4. The molecule has 2 aromatic rings. The lowest BCUT2D eigenvalue weighted by molar-refractivity contribution is 0.0903. The summed E-state index contributed by atoms with van der Waals surface area (Å²) in [6, 6.07) is 5.19. The summed E-state index contributed by atoms with van der Waals surface area (Å²) in [5.74, 6) is 1.59. The number of piperazine rings is 1. The van der Waals surface area contributed by atoms with Crippen molar-refractivity contribution in [2.45, 2.75) is 30.2 Å². The number of aryl methyl sites for hydroxylation is 1. The Balaban J connectivity index is 1.34. The lowest BCUT2D eigenvalue weighted by Gasteiger charge is -2.36. The van der Waals surface area contributed by atoms with Gasteiger partial charge in [-0.2, -0.15) is 4.98 Å². The first-order valence-electron chi connectivity index (χ1n) is 10.7. The van der Waals surface area contributed by atoms with Crippen LogP contribution in [0.3, 0.4) is 0 Å². The minimum Gasteiger partial charge on any atom is -0.381 e. The molecule has 3 aliphatic heterocycles. The van der Waals surface area contributed by atoms with Gasteiger partial charge in [-0.3, -0.25) is 4.21 Å². The second-order valence-corrected chi connectivity index (χ2v) is 9.97. The molecule has 1 N–H and O–H groups in total. The Bertz CT molecular complexity index is 996. The number of halogens is 2. The number of ether oxygens (including phenoxy) is 1. The Labute approximate surface area is 188 Å². The third-order valence-electron chi connectivity index (χ3n) is 6.07. The van der Waals surface area contributed by atoms with Crippen molar-refractivity contribution in [3.63, 3.8) is 0 Å². The smallest absolute Gasteiger partial charge is 0.227 e. The maximum Gasteiger partial charge on any atom is 0.227 e. The number of hydrogen-bond donors (Lipinski definition) is 1. The van der Waals surface area contributed by atoms with Crippen molar-refractivity contribution in [1.29, 1.82) is 0 Å². The van der Waals surface area contributed by atoms with E-state index in [0.717, 1.165) is 68.5 Å². The van der Waals surface area contributed by atoms with Crippen LogP contribution >= 0.6 is 11.6 Å². The van der Waals surface area contributed by atoms with Gasteiger partial charge in [-0.05, 0) is 31.0 Å². The monoisotopic (exact) mass is 465 g/mol. The molecule has 0 spiro atoms. The van der Waals surface area contributed by atoms with Gasteiger partial charge in [0.25, 0.3) is 0 Å². The molecule has 1 aromatic heterocycles. The Morgan fingerprint density at radius 2 is 1.87 bits per heavy atom. The number of rotatable bonds is 4. The molecular weight excluding hydrogens is 441 g/mol. The van der Waals surface area contributed by atoms with Crippen molar-refractivity contribution < 1.29 is 13.3 Å². The van der Waals surface area contributed by atoms with Crippen LogP contribution in [0.15, 0.2) is 23.1 Å². The molecule has 1 aromatic carbocycles. The summed E-state index contributed by atoms with van der Waals surface area (Å²) in [7, 11) is -1.05. The van der Waals surface area contributed by atoms with Crippen LogP contribution in [0, 0.1) is 5.82 Å². The molecule has 2 fully saturated rings. The number of nitrogens with one attached hydrogen (secondary N) is 1. The largest absolute Gasteiger partial charge is 0.381 e. The molecule has 3 aliphatic rings. The normalized spacial score (nSPS) is 21.9. The molecule has 0 amide bonds. The average Bonchev–Trinajstić information content (AvgIpc) is 3.17. The first kappa shape index (κ1) is 20.9. The summed E-state index contributed by atoms with van der Waals surface area (Å²) in [5.41, 5.74) is 1.72. The summed E-state index contributed by atoms with van der Waals surface area (Å²) in [5, 5.41) is 3.66. The fourth-order valence-electron chi connectivity index (χ4n) is 4.30. The zero-order valence-electron chi connectivity index (χ0n) is 17.1. The minimum atomic E-state index is -1.05. The minimum absolute atomic E-state index is 0.135. The van der Waals surface area contributed by atoms with Crippen molar-refractivity contribution in [2.24, 2.45) is 0 Å². The number of fused-ring (bicyclic) bond motifs is 1. The van der Waals surface area contributed by atoms with Gasteiger partial charge in [0.2, 0.25) is 5.95 Å². The topological polar surface area (TPSA) is 70.6 Å². The van der Waals surface area contributed by atoms with E-state index >= 15 is 0 Å². The molecule has 166 valence electrons. The van der Waals surface area contributed by atoms with E-state index in [1.54, 1.807) is 6.07 Å². The number of hydrogen-bond acceptors (Lipinski definition) is 7. The Kier molecular flexibility index (Phi) is 5.99. The molecule has 1 unspecified atom stereocenters. The molecule has 0 saturated carbocycles. The average molecular weight is 466 g/mol. The van der Waals surface area contributed by atoms with E-state index < -0.39 is 16.6 Å². The van der Waals surface area contributed by atoms with Gasteiger partial charge in [0.1, 0.15) is 16.5 Å². The van der Waals surface area contributed by atoms with Crippen molar-refractivity contribution in [3.8, 4) is 0 Å². The van der Waals surface area contributed by atoms with Crippen molar-refractivity contribution in [1.82, 2.24) is 9.97 Å². The maximum atomic E-state index is 13.8. The van der Waals surface area contributed by atoms with Gasteiger partial charge in [-0.25, -0.2) is 9.37 Å². The predicted molar refractivity (Wildman–Crippen MR) is 120 cm³/mol. The zero-order valence-corrected chi connectivity index (χ0v) is 18.7. The molecule has 0 aliphatic carbocycles. The van der Waals surface area contributed by atoms with Gasteiger partial charge in [0.05, 0.1) is 21.5 Å². The van der Waals surface area contributed by atoms with Crippen LogP contribution in [0.25, 0.3) is 0 Å². The van der Waals surface area contributed by atoms with Gasteiger partial charge in [0, 0.05) is 63.3 Å². The Hall–Kier alpha value is -1.97. The predicted octanol–water partition coefficient (Wildman–Crippen LogP) is 2.85. The van der Waals surface area contributed by atoms with Crippen molar-refractivity contribution in [3.05, 3.63) is 34.7 Å². The molecule has 0 bridgehead atoms. The van der Waals surface area contributed by atoms with E-state index in [-0.39, 0.29) is 11.1 Å². The van der Waals surface area contributed by atoms with E-state index in [0.29, 0.717) is 23.9 Å². The van der Waals surface area contributed by atoms with Crippen LogP contribution in [0.5, 0.6) is 0 Å². The Morgan fingerprint density at radius 1 is 1.13 bits per heavy atom. The van der Waals surface area contributed by atoms with E-state index in [1.165, 1.54) is 6.07 Å². The van der Waals surface area contributed by atoms with Gasteiger partial charge in [0.15, 0.2) is 0 Å². The highest BCUT2D eigenvalue weighted by Crippen LogP contribution is 2.32. The lowest BCUT2D eigenvalue weighted by atomic mass is 10.1. The summed E-state index contributed by atoms with van der Waals surface area (Å²) >= 11 is 5.81. The van der Waals surface area contributed by atoms with Crippen LogP contribution in [-0.2, 0) is 22.0 Å². The molecule has 10 heteroatoms. The van der Waals surface area contributed by atoms with Gasteiger partial charge in [-0.1, -0.05) is 11.6 Å². The van der Waals surface area contributed by atoms with Crippen LogP contribution in [0.2, 0.25) is 5.02 Å². The van der Waals surface area contributed by atoms with E-state index in [2.05, 4.69) is 15.1 Å². The van der Waals surface area contributed by atoms with Crippen molar-refractivity contribution >= 4 is 39.9 Å². The first-order chi connectivity index (χ1) is 15.1. The molecule has 1 atom stereocenters. The van der Waals surface area contributed by atoms with Crippen molar-refractivity contribution in [2.75, 3.05) is 60.3 Å². The quantitative estimate of drug-likeness (QED) is 0.744. The van der Waals surface area contributed by atoms with Gasteiger partial charge in [-0.15, -0.1) is 0 Å². The molecule has 0 radical (unpaired) electrons. The molecular formula is C21H25ClFN5O2S. The maximum absolute atomic E-state index is 13.8. The number of aromatic nitrogens is 2. The highest BCUT2D eigenvalue weighted by molar-refractivity contribution is 7.85. The number of benzene rings is 1. The molecule has 4 heterocycles. The van der Waals surface area contributed by atoms with Crippen LogP contribution in [0.4, 0.5) is 21.8 Å². The second-order valence-electron chi connectivity index (χ2n) is 8.05. The fraction of sp³-hybridized carbons (Fsp3) is 0.524. The van der Waals surface area contributed by atoms with E-state index in [1.807, 2.05) is 6.07 Å². The standard InChI is InChI=1S/C21H25ClFN5O2S/c22-16-2-1-15(13-17(16)23)27-6-8-28(9-7-27)21-25-18-5-12-31(29)19(18)20(26-21)24-14-3-10-30-11-4-14/h1-2,13-14H,3-12H2,(H,24,25,26). The molecule has 31 heavy (non-hydrogen) atoms. The SMILES string of the molecule is O=S1CCc2nc(N3CCN(c4ccc(Cl)c(F)c4)CC3)nc(NC3CCOCC3)c21. The van der Waals surface area contributed by atoms with Crippen LogP contribution in [-0.4, -0.2) is 65.4 Å². The molecule has 7 nitrogen and oxygen atoms in total. The zero-order chi connectivity index (χ0) is 21.4. The third kappa shape index (κ3) is 4.36. The molecule has 2 saturated heterocycles. The fourth-order valence-corrected chi connectivity index (χ4v) is 5.74. The number of anilines is 3. The summed E-state index contributed by atoms with van der Waals surface area (Å²) in [4.78, 5) is 14.6. The summed E-state index contributed by atoms with van der Waals surface area (Å²) in [6.07, 6.45) is 2.54. The second kappa shape index (κ2) is 8.88. The highest BCUT2D eigenvalue weighted by Gasteiger charge is 2.29. The third-order valence-corrected chi connectivity index (χ3v) is 7.83. The van der Waals surface area contributed by atoms with Gasteiger partial charge >= 0.3 is 0 Å². The van der Waals surface area contributed by atoms with E-state index in [4.69, 9.17) is 26.3 Å².